The SMILES string of the molecule is CN=C(NCc1ccccc1-n1cccn1)Nc1ccc2c(c1)OCCCO2.I. The van der Waals surface area contributed by atoms with Gasteiger partial charge in [0.15, 0.2) is 17.5 Å². The number of aliphatic imine (C=N–C) groups is 1. The number of halogens is 1. The van der Waals surface area contributed by atoms with Crippen molar-refractivity contribution in [1.82, 2.24) is 15.1 Å². The lowest BCUT2D eigenvalue weighted by molar-refractivity contribution is 0.297. The van der Waals surface area contributed by atoms with E-state index in [2.05, 4.69) is 26.8 Å². The average molecular weight is 505 g/mol. The Kier molecular flexibility index (Phi) is 7.34. The van der Waals surface area contributed by atoms with Gasteiger partial charge >= 0.3 is 0 Å². The largest absolute Gasteiger partial charge is 0.490 e. The fourth-order valence-corrected chi connectivity index (χ4v) is 3.03. The zero-order chi connectivity index (χ0) is 19.2. The first-order valence-electron chi connectivity index (χ1n) is 9.29. The summed E-state index contributed by atoms with van der Waals surface area (Å²) in [5.74, 6) is 2.20. The average Bonchev–Trinajstić information content (AvgIpc) is 3.17. The first kappa shape index (κ1) is 21.0. The molecule has 0 fully saturated rings. The number of ether oxygens (including phenoxy) is 2. The molecule has 0 saturated carbocycles. The van der Waals surface area contributed by atoms with Crippen LogP contribution in [0.15, 0.2) is 65.9 Å². The van der Waals surface area contributed by atoms with Gasteiger partial charge in [-0.1, -0.05) is 18.2 Å². The third kappa shape index (κ3) is 5.20. The molecule has 0 bridgehead atoms. The predicted molar refractivity (Wildman–Crippen MR) is 125 cm³/mol. The Morgan fingerprint density at radius 2 is 1.93 bits per heavy atom. The molecule has 0 atom stereocenters. The molecule has 152 valence electrons. The highest BCUT2D eigenvalue weighted by atomic mass is 127. The molecular weight excluding hydrogens is 481 g/mol. The van der Waals surface area contributed by atoms with E-state index in [0.29, 0.717) is 25.7 Å². The van der Waals surface area contributed by atoms with Crippen molar-refractivity contribution in [3.63, 3.8) is 0 Å². The molecule has 7 nitrogen and oxygen atoms in total. The van der Waals surface area contributed by atoms with Gasteiger partial charge in [-0.3, -0.25) is 4.99 Å². The molecule has 0 amide bonds. The number of hydrogen-bond donors (Lipinski definition) is 2. The van der Waals surface area contributed by atoms with Gasteiger partial charge in [0.1, 0.15) is 0 Å². The van der Waals surface area contributed by atoms with Crippen molar-refractivity contribution in [2.45, 2.75) is 13.0 Å². The highest BCUT2D eigenvalue weighted by Gasteiger charge is 2.12. The van der Waals surface area contributed by atoms with E-state index in [4.69, 9.17) is 9.47 Å². The van der Waals surface area contributed by atoms with Crippen LogP contribution in [0.3, 0.4) is 0 Å². The van der Waals surface area contributed by atoms with E-state index < -0.39 is 0 Å². The van der Waals surface area contributed by atoms with E-state index >= 15 is 0 Å². The maximum absolute atomic E-state index is 5.76. The molecule has 2 aromatic carbocycles. The van der Waals surface area contributed by atoms with E-state index in [1.165, 1.54) is 0 Å². The topological polar surface area (TPSA) is 72.7 Å². The molecule has 0 radical (unpaired) electrons. The maximum Gasteiger partial charge on any atom is 0.195 e. The fourth-order valence-electron chi connectivity index (χ4n) is 3.03. The Hall–Kier alpha value is -2.75. The van der Waals surface area contributed by atoms with Crippen LogP contribution >= 0.6 is 24.0 Å². The molecule has 2 heterocycles. The molecule has 3 aromatic rings. The number of anilines is 1. The monoisotopic (exact) mass is 505 g/mol. The summed E-state index contributed by atoms with van der Waals surface area (Å²) in [5.41, 5.74) is 3.04. The highest BCUT2D eigenvalue weighted by Crippen LogP contribution is 2.32. The quantitative estimate of drug-likeness (QED) is 0.321. The molecule has 1 aliphatic heterocycles. The molecule has 0 spiro atoms. The molecule has 1 aliphatic rings. The highest BCUT2D eigenvalue weighted by molar-refractivity contribution is 14.0. The van der Waals surface area contributed by atoms with Crippen LogP contribution in [0, 0.1) is 0 Å². The molecule has 1 aromatic heterocycles. The van der Waals surface area contributed by atoms with Crippen LogP contribution in [0.4, 0.5) is 5.69 Å². The summed E-state index contributed by atoms with van der Waals surface area (Å²) < 4.78 is 13.3. The molecule has 29 heavy (non-hydrogen) atoms. The van der Waals surface area contributed by atoms with Crippen LogP contribution in [0.25, 0.3) is 5.69 Å². The third-order valence-electron chi connectivity index (χ3n) is 4.42. The van der Waals surface area contributed by atoms with Crippen LogP contribution in [-0.4, -0.2) is 36.0 Å². The molecule has 8 heteroatoms. The number of fused-ring (bicyclic) bond motifs is 1. The van der Waals surface area contributed by atoms with Crippen molar-refractivity contribution in [2.24, 2.45) is 4.99 Å². The van der Waals surface area contributed by atoms with E-state index in [0.717, 1.165) is 34.9 Å². The van der Waals surface area contributed by atoms with Crippen LogP contribution in [0.1, 0.15) is 12.0 Å². The minimum atomic E-state index is 0. The summed E-state index contributed by atoms with van der Waals surface area (Å²) in [4.78, 5) is 4.32. The van der Waals surface area contributed by atoms with Crippen molar-refractivity contribution in [1.29, 1.82) is 0 Å². The number of hydrogen-bond acceptors (Lipinski definition) is 4. The van der Waals surface area contributed by atoms with Gasteiger partial charge in [-0.05, 0) is 29.8 Å². The van der Waals surface area contributed by atoms with E-state index in [1.807, 2.05) is 53.3 Å². The van der Waals surface area contributed by atoms with Gasteiger partial charge in [0, 0.05) is 44.2 Å². The number of nitrogens with one attached hydrogen (secondary N) is 2. The van der Waals surface area contributed by atoms with Gasteiger partial charge in [0.2, 0.25) is 0 Å². The Balaban J connectivity index is 0.00000240. The first-order valence-corrected chi connectivity index (χ1v) is 9.29. The summed E-state index contributed by atoms with van der Waals surface area (Å²) >= 11 is 0. The van der Waals surface area contributed by atoms with Crippen molar-refractivity contribution in [2.75, 3.05) is 25.6 Å². The van der Waals surface area contributed by atoms with Gasteiger partial charge in [-0.25, -0.2) is 4.68 Å². The van der Waals surface area contributed by atoms with Crippen LogP contribution < -0.4 is 20.1 Å². The number of guanidine groups is 1. The Bertz CT molecular complexity index is 959. The summed E-state index contributed by atoms with van der Waals surface area (Å²) in [6, 6.07) is 15.9. The normalized spacial score (nSPS) is 13.2. The number of para-hydroxylation sites is 1. The number of rotatable bonds is 4. The van der Waals surface area contributed by atoms with Gasteiger partial charge in [0.25, 0.3) is 0 Å². The van der Waals surface area contributed by atoms with Crippen molar-refractivity contribution >= 4 is 35.6 Å². The van der Waals surface area contributed by atoms with Crippen molar-refractivity contribution in [3.05, 3.63) is 66.5 Å². The lowest BCUT2D eigenvalue weighted by Crippen LogP contribution is -2.30. The fraction of sp³-hybridized carbons (Fsp3) is 0.238. The summed E-state index contributed by atoms with van der Waals surface area (Å²) in [6.45, 7) is 1.95. The van der Waals surface area contributed by atoms with Crippen LogP contribution in [0.2, 0.25) is 0 Å². The summed E-state index contributed by atoms with van der Waals surface area (Å²) in [5, 5.41) is 11.0. The number of benzene rings is 2. The second-order valence-corrected chi connectivity index (χ2v) is 6.34. The van der Waals surface area contributed by atoms with E-state index in [-0.39, 0.29) is 24.0 Å². The standard InChI is InChI=1S/C21H23N5O2.HI/c1-22-21(25-17-8-9-19-20(14-17)28-13-5-12-27-19)23-15-16-6-2-3-7-18(16)26-11-4-10-24-26;/h2-4,6-11,14H,5,12-13,15H2,1H3,(H2,22,23,25);1H. The minimum Gasteiger partial charge on any atom is -0.490 e. The summed E-state index contributed by atoms with van der Waals surface area (Å²) in [7, 11) is 1.75. The minimum absolute atomic E-state index is 0. The smallest absolute Gasteiger partial charge is 0.195 e. The Morgan fingerprint density at radius 1 is 1.10 bits per heavy atom. The molecule has 0 saturated heterocycles. The second-order valence-electron chi connectivity index (χ2n) is 6.34. The second kappa shape index (κ2) is 10.1. The molecule has 4 rings (SSSR count). The van der Waals surface area contributed by atoms with Gasteiger partial charge in [-0.15, -0.1) is 24.0 Å². The van der Waals surface area contributed by atoms with Crippen molar-refractivity contribution in [3.8, 4) is 17.2 Å². The zero-order valence-electron chi connectivity index (χ0n) is 16.2. The molecule has 0 aliphatic carbocycles. The number of aromatic nitrogens is 2. The molecule has 2 N–H and O–H groups in total. The van der Waals surface area contributed by atoms with E-state index in [9.17, 15) is 0 Å². The zero-order valence-corrected chi connectivity index (χ0v) is 18.5. The van der Waals surface area contributed by atoms with E-state index in [1.54, 1.807) is 13.2 Å². The van der Waals surface area contributed by atoms with Gasteiger partial charge in [0.05, 0.1) is 18.9 Å². The van der Waals surface area contributed by atoms with Crippen LogP contribution in [0.5, 0.6) is 11.5 Å². The molecular formula is C21H24IN5O2. The van der Waals surface area contributed by atoms with Crippen molar-refractivity contribution < 1.29 is 9.47 Å². The summed E-state index contributed by atoms with van der Waals surface area (Å²) in [6.07, 6.45) is 4.59. The third-order valence-corrected chi connectivity index (χ3v) is 4.42. The lowest BCUT2D eigenvalue weighted by Gasteiger charge is -2.15. The Morgan fingerprint density at radius 3 is 2.72 bits per heavy atom. The first-order chi connectivity index (χ1) is 13.8. The van der Waals surface area contributed by atoms with Crippen LogP contribution in [-0.2, 0) is 6.54 Å². The molecule has 0 unspecified atom stereocenters. The van der Waals surface area contributed by atoms with Gasteiger partial charge < -0.3 is 20.1 Å². The van der Waals surface area contributed by atoms with Gasteiger partial charge in [-0.2, -0.15) is 5.10 Å². The maximum atomic E-state index is 5.76. The lowest BCUT2D eigenvalue weighted by atomic mass is 10.2. The number of nitrogens with zero attached hydrogens (tertiary/aromatic N) is 3. The predicted octanol–water partition coefficient (Wildman–Crippen LogP) is 3.84. The Labute approximate surface area is 187 Å².